The van der Waals surface area contributed by atoms with Crippen molar-refractivity contribution in [3.05, 3.63) is 41.5 Å². The van der Waals surface area contributed by atoms with E-state index in [0.717, 1.165) is 6.26 Å². The Morgan fingerprint density at radius 1 is 1.31 bits per heavy atom. The van der Waals surface area contributed by atoms with Gasteiger partial charge in [0, 0.05) is 19.3 Å². The Morgan fingerprint density at radius 3 is 2.69 bits per heavy atom. The number of amides is 1. The molecule has 0 spiro atoms. The topological polar surface area (TPSA) is 114 Å². The van der Waals surface area contributed by atoms with Crippen molar-refractivity contribution in [1.29, 1.82) is 0 Å². The first-order valence-electron chi connectivity index (χ1n) is 8.46. The molecule has 142 valence electrons. The Labute approximate surface area is 153 Å². The van der Waals surface area contributed by atoms with E-state index in [0.29, 0.717) is 48.6 Å². The van der Waals surface area contributed by atoms with Crippen LogP contribution in [0.25, 0.3) is 0 Å². The van der Waals surface area contributed by atoms with Crippen molar-refractivity contribution in [2.45, 2.75) is 45.6 Å². The molecule has 2 aromatic rings. The average molecular weight is 380 g/mol. The number of aryl methyl sites for hydroxylation is 2. The normalized spacial score (nSPS) is 12.6. The molecule has 0 aliphatic carbocycles. The number of hydrogen-bond donors (Lipinski definition) is 2. The van der Waals surface area contributed by atoms with Crippen LogP contribution in [0, 0.1) is 0 Å². The predicted molar refractivity (Wildman–Crippen MR) is 98.1 cm³/mol. The second-order valence-electron chi connectivity index (χ2n) is 6.06. The van der Waals surface area contributed by atoms with Crippen LogP contribution in [0.3, 0.4) is 0 Å². The molecule has 1 aromatic heterocycles. The zero-order chi connectivity index (χ0) is 19.2. The molecule has 0 saturated heterocycles. The van der Waals surface area contributed by atoms with Crippen molar-refractivity contribution in [3.8, 4) is 0 Å². The summed E-state index contributed by atoms with van der Waals surface area (Å²) in [4.78, 5) is 16.4. The highest BCUT2D eigenvalue weighted by Gasteiger charge is 2.15. The Kier molecular flexibility index (Phi) is 6.73. The van der Waals surface area contributed by atoms with E-state index in [4.69, 9.17) is 4.52 Å². The minimum absolute atomic E-state index is 0.123. The van der Waals surface area contributed by atoms with E-state index in [2.05, 4.69) is 20.2 Å². The van der Waals surface area contributed by atoms with Crippen molar-refractivity contribution in [2.24, 2.45) is 0 Å². The van der Waals surface area contributed by atoms with Gasteiger partial charge in [0.15, 0.2) is 5.82 Å². The molecule has 1 heterocycles. The minimum atomic E-state index is -3.39. The molecule has 9 heteroatoms. The number of carbonyl (C=O) groups excluding carboxylic acids is 1. The molecule has 26 heavy (non-hydrogen) atoms. The van der Waals surface area contributed by atoms with Gasteiger partial charge in [-0.05, 0) is 25.0 Å². The summed E-state index contributed by atoms with van der Waals surface area (Å²) in [5.74, 6) is 1.07. The van der Waals surface area contributed by atoms with Gasteiger partial charge >= 0.3 is 0 Å². The second-order valence-corrected chi connectivity index (χ2v) is 7.81. The van der Waals surface area contributed by atoms with Crippen molar-refractivity contribution in [3.63, 3.8) is 0 Å². The number of nitrogens with one attached hydrogen (secondary N) is 2. The smallest absolute Gasteiger partial charge is 0.229 e. The second kappa shape index (κ2) is 8.79. The molecule has 1 aromatic carbocycles. The molecule has 1 atom stereocenters. The molecule has 0 fully saturated rings. The molecule has 0 radical (unpaired) electrons. The lowest BCUT2D eigenvalue weighted by Crippen LogP contribution is -2.27. The summed E-state index contributed by atoms with van der Waals surface area (Å²) in [5, 5.41) is 6.70. The van der Waals surface area contributed by atoms with Gasteiger partial charge in [-0.2, -0.15) is 4.98 Å². The van der Waals surface area contributed by atoms with E-state index in [1.54, 1.807) is 24.3 Å². The standard InChI is InChI=1S/C17H24N4O4S/c1-4-15-19-17(25-20-15)11-7-10-16(22)18-12(2)13-8-5-6-9-14(13)21-26(3,23)24/h5-6,8-9,12,21H,4,7,10-11H2,1-3H3,(H,18,22). The molecule has 0 bridgehead atoms. The SMILES string of the molecule is CCc1noc(CCCC(=O)NC(C)c2ccccc2NS(C)(=O)=O)n1. The lowest BCUT2D eigenvalue weighted by Gasteiger charge is -2.18. The molecular weight excluding hydrogens is 356 g/mol. The molecule has 0 aliphatic heterocycles. The van der Waals surface area contributed by atoms with Gasteiger partial charge in [0.2, 0.25) is 21.8 Å². The Hall–Kier alpha value is -2.42. The van der Waals surface area contributed by atoms with Crippen LogP contribution < -0.4 is 10.0 Å². The number of aromatic nitrogens is 2. The van der Waals surface area contributed by atoms with Crippen LogP contribution in [0.1, 0.15) is 50.0 Å². The van der Waals surface area contributed by atoms with Gasteiger partial charge in [0.25, 0.3) is 0 Å². The van der Waals surface area contributed by atoms with Gasteiger partial charge in [-0.3, -0.25) is 9.52 Å². The maximum atomic E-state index is 12.2. The van der Waals surface area contributed by atoms with E-state index in [9.17, 15) is 13.2 Å². The number of para-hydroxylation sites is 1. The van der Waals surface area contributed by atoms with Gasteiger partial charge in [-0.25, -0.2) is 8.42 Å². The monoisotopic (exact) mass is 380 g/mol. The van der Waals surface area contributed by atoms with E-state index in [1.165, 1.54) is 0 Å². The number of carbonyl (C=O) groups is 1. The molecule has 2 rings (SSSR count). The van der Waals surface area contributed by atoms with Gasteiger partial charge < -0.3 is 9.84 Å². The quantitative estimate of drug-likeness (QED) is 0.689. The average Bonchev–Trinajstić information content (AvgIpc) is 3.01. The number of rotatable bonds is 9. The van der Waals surface area contributed by atoms with Gasteiger partial charge in [0.1, 0.15) is 0 Å². The van der Waals surface area contributed by atoms with Crippen molar-refractivity contribution < 1.29 is 17.7 Å². The highest BCUT2D eigenvalue weighted by atomic mass is 32.2. The fourth-order valence-corrected chi connectivity index (χ4v) is 3.08. The molecule has 0 aliphatic rings. The van der Waals surface area contributed by atoms with Gasteiger partial charge in [-0.15, -0.1) is 0 Å². The maximum absolute atomic E-state index is 12.2. The third-order valence-corrected chi connectivity index (χ3v) is 4.31. The first-order valence-corrected chi connectivity index (χ1v) is 10.3. The highest BCUT2D eigenvalue weighted by Crippen LogP contribution is 2.23. The summed E-state index contributed by atoms with van der Waals surface area (Å²) in [6.07, 6.45) is 3.25. The fourth-order valence-electron chi connectivity index (χ4n) is 2.49. The van der Waals surface area contributed by atoms with Crippen LogP contribution in [0.5, 0.6) is 0 Å². The van der Waals surface area contributed by atoms with Crippen molar-refractivity contribution in [2.75, 3.05) is 11.0 Å². The van der Waals surface area contributed by atoms with E-state index < -0.39 is 10.0 Å². The van der Waals surface area contributed by atoms with E-state index in [1.807, 2.05) is 13.8 Å². The van der Waals surface area contributed by atoms with Crippen LogP contribution in [0.2, 0.25) is 0 Å². The summed E-state index contributed by atoms with van der Waals surface area (Å²) in [6.45, 7) is 3.76. The zero-order valence-electron chi connectivity index (χ0n) is 15.2. The largest absolute Gasteiger partial charge is 0.350 e. The summed E-state index contributed by atoms with van der Waals surface area (Å²) in [5.41, 5.74) is 1.16. The summed E-state index contributed by atoms with van der Waals surface area (Å²) in [6, 6.07) is 6.65. The van der Waals surface area contributed by atoms with Crippen LogP contribution in [0.4, 0.5) is 5.69 Å². The number of benzene rings is 1. The van der Waals surface area contributed by atoms with Crippen LogP contribution in [-0.2, 0) is 27.7 Å². The first-order chi connectivity index (χ1) is 12.3. The van der Waals surface area contributed by atoms with Crippen molar-refractivity contribution in [1.82, 2.24) is 15.5 Å². The molecule has 0 saturated carbocycles. The molecule has 1 amide bonds. The third kappa shape index (κ3) is 6.14. The number of anilines is 1. The number of sulfonamides is 1. The van der Waals surface area contributed by atoms with Gasteiger partial charge in [-0.1, -0.05) is 30.3 Å². The Balaban J connectivity index is 1.88. The van der Waals surface area contributed by atoms with Crippen LogP contribution >= 0.6 is 0 Å². The lowest BCUT2D eigenvalue weighted by molar-refractivity contribution is -0.121. The minimum Gasteiger partial charge on any atom is -0.350 e. The molecule has 1 unspecified atom stereocenters. The highest BCUT2D eigenvalue weighted by molar-refractivity contribution is 7.92. The van der Waals surface area contributed by atoms with E-state index in [-0.39, 0.29) is 11.9 Å². The maximum Gasteiger partial charge on any atom is 0.229 e. The van der Waals surface area contributed by atoms with Crippen LogP contribution in [0.15, 0.2) is 28.8 Å². The van der Waals surface area contributed by atoms with Gasteiger partial charge in [0.05, 0.1) is 18.0 Å². The summed E-state index contributed by atoms with van der Waals surface area (Å²) < 4.78 is 30.5. The lowest BCUT2D eigenvalue weighted by atomic mass is 10.1. The number of hydrogen-bond acceptors (Lipinski definition) is 6. The molecule has 8 nitrogen and oxygen atoms in total. The first kappa shape index (κ1) is 19.9. The van der Waals surface area contributed by atoms with E-state index >= 15 is 0 Å². The fraction of sp³-hybridized carbons (Fsp3) is 0.471. The zero-order valence-corrected chi connectivity index (χ0v) is 16.0. The molecule has 2 N–H and O–H groups in total. The van der Waals surface area contributed by atoms with Crippen molar-refractivity contribution >= 4 is 21.6 Å². The van der Waals surface area contributed by atoms with Crippen LogP contribution in [-0.4, -0.2) is 30.7 Å². The molecular formula is C17H24N4O4S. The summed E-state index contributed by atoms with van der Waals surface area (Å²) in [7, 11) is -3.39. The number of nitrogens with zero attached hydrogens (tertiary/aromatic N) is 2. The predicted octanol–water partition coefficient (Wildman–Crippen LogP) is 2.20. The Morgan fingerprint density at radius 2 is 2.04 bits per heavy atom. The Bertz CT molecular complexity index is 848. The third-order valence-electron chi connectivity index (χ3n) is 3.72. The summed E-state index contributed by atoms with van der Waals surface area (Å²) >= 11 is 0.